The van der Waals surface area contributed by atoms with E-state index in [4.69, 9.17) is 32.7 Å². The largest absolute Gasteiger partial charge is 0.473 e. The molecule has 1 N–H and O–H groups in total. The Morgan fingerprint density at radius 1 is 1.13 bits per heavy atom. The van der Waals surface area contributed by atoms with Crippen LogP contribution in [-0.4, -0.2) is 34.0 Å². The highest BCUT2D eigenvalue weighted by Crippen LogP contribution is 2.38. The number of ether oxygens (including phenoxy) is 2. The number of rotatable bonds is 6. The van der Waals surface area contributed by atoms with Gasteiger partial charge in [0, 0.05) is 22.8 Å². The van der Waals surface area contributed by atoms with Crippen LogP contribution in [-0.2, 0) is 24.3 Å². The summed E-state index contributed by atoms with van der Waals surface area (Å²) in [5, 5.41) is 3.11. The fourth-order valence-electron chi connectivity index (χ4n) is 4.35. The second-order valence-corrected chi connectivity index (χ2v) is 11.1. The molecule has 38 heavy (non-hydrogen) atoms. The highest BCUT2D eigenvalue weighted by molar-refractivity contribution is 6.39. The van der Waals surface area contributed by atoms with E-state index in [-0.39, 0.29) is 22.2 Å². The van der Waals surface area contributed by atoms with Crippen molar-refractivity contribution in [3.8, 4) is 5.88 Å². The van der Waals surface area contributed by atoms with Gasteiger partial charge >= 0.3 is 6.09 Å². The Labute approximate surface area is 233 Å². The van der Waals surface area contributed by atoms with Gasteiger partial charge in [0.05, 0.1) is 22.8 Å². The van der Waals surface area contributed by atoms with Crippen molar-refractivity contribution in [3.63, 3.8) is 0 Å². The lowest BCUT2D eigenvalue weighted by Gasteiger charge is -2.31. The highest BCUT2D eigenvalue weighted by Gasteiger charge is 2.32. The number of hydrogen-bond donors (Lipinski definition) is 1. The van der Waals surface area contributed by atoms with E-state index in [1.165, 1.54) is 0 Å². The minimum absolute atomic E-state index is 0.129. The van der Waals surface area contributed by atoms with Gasteiger partial charge in [-0.3, -0.25) is 10.1 Å². The molecule has 200 valence electrons. The van der Waals surface area contributed by atoms with Gasteiger partial charge in [-0.05, 0) is 69.9 Å². The van der Waals surface area contributed by atoms with Gasteiger partial charge in [-0.25, -0.2) is 9.78 Å². The molecule has 0 saturated heterocycles. The standard InChI is InChI=1S/C29H31Cl2N3O4/c1-17-13-18(2)32-26(37-16-19-9-7-6-8-10-19)21(17)15-34-12-11-20-22(30)14-23(25(31)24(20)27(34)35)33-28(36)38-29(3,4)5/h6-10,13-14H,11-12,15-16H2,1-5H3,(H,33,36). The van der Waals surface area contributed by atoms with Crippen molar-refractivity contribution in [2.75, 3.05) is 11.9 Å². The first-order valence-electron chi connectivity index (χ1n) is 12.4. The first-order chi connectivity index (χ1) is 17.9. The summed E-state index contributed by atoms with van der Waals surface area (Å²) >= 11 is 13.2. The number of benzene rings is 2. The molecule has 3 aromatic rings. The Bertz CT molecular complexity index is 1370. The lowest BCUT2D eigenvalue weighted by molar-refractivity contribution is 0.0634. The molecule has 0 spiro atoms. The van der Waals surface area contributed by atoms with Crippen molar-refractivity contribution < 1.29 is 19.1 Å². The molecular weight excluding hydrogens is 525 g/mol. The number of nitrogens with one attached hydrogen (secondary N) is 1. The molecular formula is C29H31Cl2N3O4. The molecule has 0 saturated carbocycles. The quantitative estimate of drug-likeness (QED) is 0.350. The molecule has 2 heterocycles. The molecule has 9 heteroatoms. The van der Waals surface area contributed by atoms with Crippen LogP contribution >= 0.6 is 23.2 Å². The minimum atomic E-state index is -0.693. The molecule has 1 aliphatic rings. The zero-order chi connectivity index (χ0) is 27.6. The minimum Gasteiger partial charge on any atom is -0.473 e. The maximum absolute atomic E-state index is 13.7. The Balaban J connectivity index is 1.60. The lowest BCUT2D eigenvalue weighted by atomic mass is 9.97. The van der Waals surface area contributed by atoms with E-state index in [0.717, 1.165) is 22.4 Å². The van der Waals surface area contributed by atoms with E-state index in [2.05, 4.69) is 10.3 Å². The highest BCUT2D eigenvalue weighted by atomic mass is 35.5. The normalized spacial score (nSPS) is 13.2. The topological polar surface area (TPSA) is 80.8 Å². The Hall–Kier alpha value is -3.29. The van der Waals surface area contributed by atoms with Gasteiger partial charge in [0.15, 0.2) is 0 Å². The van der Waals surface area contributed by atoms with E-state index in [1.54, 1.807) is 31.7 Å². The smallest absolute Gasteiger partial charge is 0.412 e. The molecule has 4 rings (SSSR count). The summed E-state index contributed by atoms with van der Waals surface area (Å²) < 4.78 is 11.4. The fourth-order valence-corrected chi connectivity index (χ4v) is 4.95. The van der Waals surface area contributed by atoms with E-state index in [9.17, 15) is 9.59 Å². The first-order valence-corrected chi connectivity index (χ1v) is 13.1. The molecule has 2 amide bonds. The van der Waals surface area contributed by atoms with Gasteiger partial charge in [-0.15, -0.1) is 0 Å². The number of pyridine rings is 1. The number of nitrogens with zero attached hydrogens (tertiary/aromatic N) is 2. The number of carbonyl (C=O) groups is 2. The molecule has 7 nitrogen and oxygen atoms in total. The van der Waals surface area contributed by atoms with Crippen LogP contribution in [0, 0.1) is 13.8 Å². The van der Waals surface area contributed by atoms with Crippen LogP contribution in [0.1, 0.15) is 59.1 Å². The molecule has 1 aromatic heterocycles. The second kappa shape index (κ2) is 11.2. The maximum Gasteiger partial charge on any atom is 0.412 e. The average molecular weight is 556 g/mol. The third kappa shape index (κ3) is 6.40. The third-order valence-corrected chi connectivity index (χ3v) is 6.82. The van der Waals surface area contributed by atoms with Crippen molar-refractivity contribution in [2.45, 2.75) is 59.8 Å². The van der Waals surface area contributed by atoms with Gasteiger partial charge in [0.25, 0.3) is 5.91 Å². The summed E-state index contributed by atoms with van der Waals surface area (Å²) in [6.45, 7) is 10.3. The monoisotopic (exact) mass is 555 g/mol. The summed E-state index contributed by atoms with van der Waals surface area (Å²) in [5.41, 5.74) is 4.12. The van der Waals surface area contributed by atoms with Crippen molar-refractivity contribution in [2.24, 2.45) is 0 Å². The van der Waals surface area contributed by atoms with Crippen molar-refractivity contribution >= 4 is 40.9 Å². The van der Waals surface area contributed by atoms with Gasteiger partial charge in [0.1, 0.15) is 12.2 Å². The zero-order valence-electron chi connectivity index (χ0n) is 22.2. The molecule has 0 unspecified atom stereocenters. The number of aromatic nitrogens is 1. The Morgan fingerprint density at radius 3 is 2.53 bits per heavy atom. The maximum atomic E-state index is 13.7. The van der Waals surface area contributed by atoms with Crippen LogP contribution in [0.4, 0.5) is 10.5 Å². The first kappa shape index (κ1) is 27.7. The summed E-state index contributed by atoms with van der Waals surface area (Å²) in [6, 6.07) is 13.4. The predicted octanol–water partition coefficient (Wildman–Crippen LogP) is 7.13. The van der Waals surface area contributed by atoms with Crippen LogP contribution in [0.15, 0.2) is 42.5 Å². The Morgan fingerprint density at radius 2 is 1.84 bits per heavy atom. The molecule has 2 aromatic carbocycles. The van der Waals surface area contributed by atoms with Crippen LogP contribution < -0.4 is 10.1 Å². The zero-order valence-corrected chi connectivity index (χ0v) is 23.7. The molecule has 0 radical (unpaired) electrons. The second-order valence-electron chi connectivity index (χ2n) is 10.3. The van der Waals surface area contributed by atoms with Gasteiger partial charge in [-0.2, -0.15) is 0 Å². The van der Waals surface area contributed by atoms with Crippen LogP contribution in [0.5, 0.6) is 5.88 Å². The lowest BCUT2D eigenvalue weighted by Crippen LogP contribution is -2.38. The van der Waals surface area contributed by atoms with Crippen molar-refractivity contribution in [1.82, 2.24) is 9.88 Å². The number of hydrogen-bond acceptors (Lipinski definition) is 5. The van der Waals surface area contributed by atoms with E-state index >= 15 is 0 Å². The van der Waals surface area contributed by atoms with Crippen LogP contribution in [0.25, 0.3) is 0 Å². The number of halogens is 2. The number of amides is 2. The summed E-state index contributed by atoms with van der Waals surface area (Å²) in [6.07, 6.45) is -0.165. The van der Waals surface area contributed by atoms with Gasteiger partial charge in [-0.1, -0.05) is 53.5 Å². The van der Waals surface area contributed by atoms with E-state index < -0.39 is 11.7 Å². The average Bonchev–Trinajstić information content (AvgIpc) is 2.83. The van der Waals surface area contributed by atoms with E-state index in [0.29, 0.717) is 42.6 Å². The number of aryl methyl sites for hydroxylation is 2. The fraction of sp³-hybridized carbons (Fsp3) is 0.345. The third-order valence-electron chi connectivity index (χ3n) is 6.09. The number of carbonyl (C=O) groups excluding carboxylic acids is 2. The molecule has 0 bridgehead atoms. The van der Waals surface area contributed by atoms with E-state index in [1.807, 2.05) is 50.2 Å². The molecule has 0 aliphatic carbocycles. The number of fused-ring (bicyclic) bond motifs is 1. The number of anilines is 1. The Kier molecular flexibility index (Phi) is 8.19. The molecule has 0 atom stereocenters. The van der Waals surface area contributed by atoms with Crippen molar-refractivity contribution in [3.05, 3.63) is 86.0 Å². The predicted molar refractivity (Wildman–Crippen MR) is 149 cm³/mol. The van der Waals surface area contributed by atoms with Gasteiger partial charge < -0.3 is 14.4 Å². The van der Waals surface area contributed by atoms with Gasteiger partial charge in [0.2, 0.25) is 5.88 Å². The van der Waals surface area contributed by atoms with Crippen molar-refractivity contribution in [1.29, 1.82) is 0 Å². The summed E-state index contributed by atoms with van der Waals surface area (Å²) in [7, 11) is 0. The molecule has 1 aliphatic heterocycles. The van der Waals surface area contributed by atoms with Crippen LogP contribution in [0.3, 0.4) is 0 Å². The molecule has 0 fully saturated rings. The SMILES string of the molecule is Cc1cc(C)c(CN2CCc3c(Cl)cc(NC(=O)OC(C)(C)C)c(Cl)c3C2=O)c(OCc2ccccc2)n1. The van der Waals surface area contributed by atoms with Crippen LogP contribution in [0.2, 0.25) is 10.0 Å². The summed E-state index contributed by atoms with van der Waals surface area (Å²) in [4.78, 5) is 32.4. The summed E-state index contributed by atoms with van der Waals surface area (Å²) in [5.74, 6) is 0.217.